The molecule has 2 atom stereocenters. The fraction of sp³-hybridized carbons (Fsp3) is 0.625. The van der Waals surface area contributed by atoms with Crippen LogP contribution >= 0.6 is 0 Å². The predicted molar refractivity (Wildman–Crippen MR) is 83.0 cm³/mol. The van der Waals surface area contributed by atoms with E-state index in [9.17, 15) is 4.79 Å². The summed E-state index contributed by atoms with van der Waals surface area (Å²) in [6.45, 7) is 7.71. The number of aromatic nitrogens is 1. The number of ether oxygens (including phenoxy) is 1. The molecule has 1 fully saturated rings. The molecule has 2 heterocycles. The fourth-order valence-corrected chi connectivity index (χ4v) is 2.79. The molecule has 1 aromatic rings. The first kappa shape index (κ1) is 15.8. The second-order valence-electron chi connectivity index (χ2n) is 5.78. The molecule has 1 N–H and O–H groups in total. The first-order valence-electron chi connectivity index (χ1n) is 7.63. The molecule has 116 valence electrons. The van der Waals surface area contributed by atoms with E-state index in [1.165, 1.54) is 12.7 Å². The van der Waals surface area contributed by atoms with Crippen molar-refractivity contribution in [2.75, 3.05) is 32.1 Å². The highest BCUT2D eigenvalue weighted by Crippen LogP contribution is 2.25. The van der Waals surface area contributed by atoms with Gasteiger partial charge in [0.1, 0.15) is 5.82 Å². The zero-order valence-electron chi connectivity index (χ0n) is 13.1. The number of esters is 1. The second kappa shape index (κ2) is 7.41. The number of carbonyl (C=O) groups is 1. The van der Waals surface area contributed by atoms with Crippen molar-refractivity contribution in [1.29, 1.82) is 0 Å². The molecule has 5 heteroatoms. The maximum absolute atomic E-state index is 11.7. The van der Waals surface area contributed by atoms with Crippen LogP contribution in [0.25, 0.3) is 0 Å². The Morgan fingerprint density at radius 3 is 2.90 bits per heavy atom. The first-order valence-corrected chi connectivity index (χ1v) is 7.63. The number of nitrogens with one attached hydrogen (secondary N) is 1. The molecule has 1 saturated heterocycles. The van der Waals surface area contributed by atoms with Crippen LogP contribution in [0.15, 0.2) is 18.3 Å². The van der Waals surface area contributed by atoms with Gasteiger partial charge in [-0.15, -0.1) is 0 Å². The van der Waals surface area contributed by atoms with E-state index in [4.69, 9.17) is 4.74 Å². The van der Waals surface area contributed by atoms with E-state index in [0.717, 1.165) is 38.4 Å². The zero-order chi connectivity index (χ0) is 15.2. The van der Waals surface area contributed by atoms with Crippen molar-refractivity contribution < 1.29 is 9.53 Å². The average molecular weight is 291 g/mol. The molecule has 2 unspecified atom stereocenters. The number of carbonyl (C=O) groups excluding carboxylic acids is 1. The van der Waals surface area contributed by atoms with Crippen molar-refractivity contribution in [2.24, 2.45) is 11.8 Å². The lowest BCUT2D eigenvalue weighted by atomic mass is 9.99. The van der Waals surface area contributed by atoms with Gasteiger partial charge in [0, 0.05) is 32.4 Å². The van der Waals surface area contributed by atoms with E-state index in [1.807, 2.05) is 12.3 Å². The van der Waals surface area contributed by atoms with Crippen molar-refractivity contribution in [3.05, 3.63) is 23.9 Å². The van der Waals surface area contributed by atoms with Crippen molar-refractivity contribution in [2.45, 2.75) is 26.8 Å². The first-order chi connectivity index (χ1) is 10.1. The van der Waals surface area contributed by atoms with Gasteiger partial charge in [-0.1, -0.05) is 19.9 Å². The van der Waals surface area contributed by atoms with Crippen LogP contribution in [0, 0.1) is 11.8 Å². The van der Waals surface area contributed by atoms with Crippen LogP contribution in [-0.2, 0) is 16.1 Å². The quantitative estimate of drug-likeness (QED) is 0.814. The van der Waals surface area contributed by atoms with Crippen LogP contribution in [-0.4, -0.2) is 42.6 Å². The van der Waals surface area contributed by atoms with Gasteiger partial charge in [-0.2, -0.15) is 0 Å². The summed E-state index contributed by atoms with van der Waals surface area (Å²) in [5.74, 6) is 1.16. The molecular formula is C16H25N3O2. The molecule has 0 aromatic carbocycles. The van der Waals surface area contributed by atoms with Gasteiger partial charge in [0.2, 0.25) is 0 Å². The number of pyridine rings is 1. The number of likely N-dealkylation sites (tertiary alicyclic amines) is 1. The summed E-state index contributed by atoms with van der Waals surface area (Å²) in [7, 11) is 1.46. The Morgan fingerprint density at radius 2 is 2.29 bits per heavy atom. The third-order valence-corrected chi connectivity index (χ3v) is 3.98. The number of hydrogen-bond acceptors (Lipinski definition) is 5. The van der Waals surface area contributed by atoms with E-state index in [1.54, 1.807) is 0 Å². The van der Waals surface area contributed by atoms with E-state index in [-0.39, 0.29) is 11.9 Å². The minimum Gasteiger partial charge on any atom is -0.469 e. The molecule has 0 amide bonds. The monoisotopic (exact) mass is 291 g/mol. The van der Waals surface area contributed by atoms with Gasteiger partial charge in [0.25, 0.3) is 0 Å². The maximum atomic E-state index is 11.7. The van der Waals surface area contributed by atoms with Crippen molar-refractivity contribution >= 4 is 11.8 Å². The van der Waals surface area contributed by atoms with Crippen molar-refractivity contribution in [1.82, 2.24) is 9.88 Å². The highest BCUT2D eigenvalue weighted by Gasteiger charge is 2.35. The second-order valence-corrected chi connectivity index (χ2v) is 5.78. The Bertz CT molecular complexity index is 461. The van der Waals surface area contributed by atoms with Crippen LogP contribution in [0.4, 0.5) is 5.82 Å². The van der Waals surface area contributed by atoms with Crippen molar-refractivity contribution in [3.8, 4) is 0 Å². The molecule has 0 aliphatic carbocycles. The van der Waals surface area contributed by atoms with Gasteiger partial charge < -0.3 is 10.1 Å². The summed E-state index contributed by atoms with van der Waals surface area (Å²) in [4.78, 5) is 18.4. The number of anilines is 1. The smallest absolute Gasteiger partial charge is 0.310 e. The number of hydrogen-bond donors (Lipinski definition) is 1. The van der Waals surface area contributed by atoms with Crippen LogP contribution < -0.4 is 5.32 Å². The lowest BCUT2D eigenvalue weighted by Gasteiger charge is -2.15. The number of nitrogens with zero attached hydrogens (tertiary/aromatic N) is 2. The van der Waals surface area contributed by atoms with Gasteiger partial charge in [0.15, 0.2) is 0 Å². The maximum Gasteiger partial charge on any atom is 0.310 e. The highest BCUT2D eigenvalue weighted by molar-refractivity contribution is 5.73. The number of rotatable bonds is 6. The Balaban J connectivity index is 1.89. The highest BCUT2D eigenvalue weighted by atomic mass is 16.5. The minimum atomic E-state index is -0.0951. The topological polar surface area (TPSA) is 54.5 Å². The van der Waals surface area contributed by atoms with Crippen LogP contribution in [0.2, 0.25) is 0 Å². The lowest BCUT2D eigenvalue weighted by molar-refractivity contribution is -0.146. The molecule has 0 radical (unpaired) electrons. The van der Waals surface area contributed by atoms with E-state index >= 15 is 0 Å². The molecule has 0 spiro atoms. The molecule has 5 nitrogen and oxygen atoms in total. The van der Waals surface area contributed by atoms with Crippen LogP contribution in [0.5, 0.6) is 0 Å². The standard InChI is InChI=1S/C16H25N3O2/c1-4-7-17-15-6-5-13(8-18-15)10-19-9-12(2)14(11-19)16(20)21-3/h5-6,8,12,14H,4,7,9-11H2,1-3H3,(H,17,18). The predicted octanol–water partition coefficient (Wildman–Crippen LogP) is 2.14. The number of methoxy groups -OCH3 is 1. The zero-order valence-corrected chi connectivity index (χ0v) is 13.1. The summed E-state index contributed by atoms with van der Waals surface area (Å²) >= 11 is 0. The van der Waals surface area contributed by atoms with Crippen LogP contribution in [0.1, 0.15) is 25.8 Å². The fourth-order valence-electron chi connectivity index (χ4n) is 2.79. The summed E-state index contributed by atoms with van der Waals surface area (Å²) in [5, 5.41) is 3.27. The van der Waals surface area contributed by atoms with E-state index < -0.39 is 0 Å². The summed E-state index contributed by atoms with van der Waals surface area (Å²) in [5.41, 5.74) is 1.18. The Hall–Kier alpha value is -1.62. The normalized spacial score (nSPS) is 22.2. The molecule has 1 aliphatic rings. The van der Waals surface area contributed by atoms with Crippen molar-refractivity contribution in [3.63, 3.8) is 0 Å². The Labute approximate surface area is 126 Å². The van der Waals surface area contributed by atoms with Gasteiger partial charge in [-0.05, 0) is 24.0 Å². The molecular weight excluding hydrogens is 266 g/mol. The van der Waals surface area contributed by atoms with E-state index in [0.29, 0.717) is 5.92 Å². The molecule has 0 bridgehead atoms. The minimum absolute atomic E-state index is 0.00606. The third kappa shape index (κ3) is 4.17. The summed E-state index contributed by atoms with van der Waals surface area (Å²) in [6, 6.07) is 4.11. The Morgan fingerprint density at radius 1 is 1.48 bits per heavy atom. The SMILES string of the molecule is CCCNc1ccc(CN2CC(C)C(C(=O)OC)C2)cn1. The molecule has 0 saturated carbocycles. The average Bonchev–Trinajstić information content (AvgIpc) is 2.86. The largest absolute Gasteiger partial charge is 0.469 e. The van der Waals surface area contributed by atoms with Gasteiger partial charge in [0.05, 0.1) is 13.0 Å². The molecule has 21 heavy (non-hydrogen) atoms. The van der Waals surface area contributed by atoms with Gasteiger partial charge in [-0.25, -0.2) is 4.98 Å². The van der Waals surface area contributed by atoms with Gasteiger partial charge >= 0.3 is 5.97 Å². The third-order valence-electron chi connectivity index (χ3n) is 3.98. The molecule has 2 rings (SSSR count). The molecule has 1 aliphatic heterocycles. The summed E-state index contributed by atoms with van der Waals surface area (Å²) < 4.78 is 4.87. The Kier molecular flexibility index (Phi) is 5.56. The lowest BCUT2D eigenvalue weighted by Crippen LogP contribution is -2.24. The molecule has 1 aromatic heterocycles. The summed E-state index contributed by atoms with van der Waals surface area (Å²) in [6.07, 6.45) is 3.00. The van der Waals surface area contributed by atoms with Gasteiger partial charge in [-0.3, -0.25) is 9.69 Å². The van der Waals surface area contributed by atoms with Crippen LogP contribution in [0.3, 0.4) is 0 Å². The van der Waals surface area contributed by atoms with E-state index in [2.05, 4.69) is 35.1 Å².